The molecule has 0 saturated carbocycles. The van der Waals surface area contributed by atoms with E-state index in [0.29, 0.717) is 11.6 Å². The number of amidine groups is 1. The van der Waals surface area contributed by atoms with E-state index in [1.54, 1.807) is 36.8 Å². The van der Waals surface area contributed by atoms with Crippen molar-refractivity contribution >= 4 is 46.0 Å². The van der Waals surface area contributed by atoms with Crippen molar-refractivity contribution in [3.05, 3.63) is 65.9 Å². The third-order valence-electron chi connectivity index (χ3n) is 5.41. The summed E-state index contributed by atoms with van der Waals surface area (Å²) in [5.74, 6) is 1.61. The number of benzene rings is 1. The van der Waals surface area contributed by atoms with Gasteiger partial charge < -0.3 is 10.2 Å². The number of para-hydroxylation sites is 1. The zero-order valence-corrected chi connectivity index (χ0v) is 16.4. The lowest BCUT2D eigenvalue weighted by Gasteiger charge is -2.34. The quantitative estimate of drug-likeness (QED) is 0.532. The van der Waals surface area contributed by atoms with E-state index in [1.165, 1.54) is 6.07 Å². The average molecular weight is 412 g/mol. The smallest absolute Gasteiger partial charge is 0.229 e. The molecule has 0 radical (unpaired) electrons. The van der Waals surface area contributed by atoms with Crippen LogP contribution in [0.15, 0.2) is 53.9 Å². The molecule has 0 unspecified atom stereocenters. The first-order valence-corrected chi connectivity index (χ1v) is 9.99. The minimum Gasteiger partial charge on any atom is -0.322 e. The van der Waals surface area contributed by atoms with E-state index in [1.807, 2.05) is 12.1 Å². The number of nitrogens with zero attached hydrogens (tertiary/aromatic N) is 6. The highest BCUT2D eigenvalue weighted by Crippen LogP contribution is 2.36. The van der Waals surface area contributed by atoms with E-state index >= 15 is 0 Å². The highest BCUT2D eigenvalue weighted by molar-refractivity contribution is 6.36. The standard InChI is InChI=1S/C22H17FN8/c23-17-4-1-2-5-18(17)28-22-26-11-13-10-15(14-6-8-24-19-16(14)12-27-30-19)21-25-7-3-9-31(21)20(13)29-22/h1-2,4-6,8,10-12H,3,7,9H2,(H,24,27,30)(H,26,28,29). The largest absolute Gasteiger partial charge is 0.322 e. The number of hydrogen-bond acceptors (Lipinski definition) is 7. The molecule has 9 heteroatoms. The van der Waals surface area contributed by atoms with Gasteiger partial charge in [-0.25, -0.2) is 14.4 Å². The molecular weight excluding hydrogens is 395 g/mol. The van der Waals surface area contributed by atoms with Crippen LogP contribution in [0.25, 0.3) is 22.7 Å². The van der Waals surface area contributed by atoms with E-state index in [-0.39, 0.29) is 5.82 Å². The molecule has 2 N–H and O–H groups in total. The summed E-state index contributed by atoms with van der Waals surface area (Å²) in [5, 5.41) is 11.0. The van der Waals surface area contributed by atoms with Gasteiger partial charge in [0.15, 0.2) is 5.65 Å². The Kier molecular flexibility index (Phi) is 3.98. The molecule has 2 aliphatic heterocycles. The van der Waals surface area contributed by atoms with Crippen molar-refractivity contribution in [2.75, 3.05) is 23.3 Å². The van der Waals surface area contributed by atoms with Crippen molar-refractivity contribution in [3.8, 4) is 0 Å². The fourth-order valence-corrected chi connectivity index (χ4v) is 3.99. The van der Waals surface area contributed by atoms with E-state index in [2.05, 4.69) is 30.4 Å². The van der Waals surface area contributed by atoms with Crippen LogP contribution in [-0.4, -0.2) is 44.1 Å². The maximum atomic E-state index is 14.1. The minimum absolute atomic E-state index is 0.334. The van der Waals surface area contributed by atoms with Gasteiger partial charge >= 0.3 is 0 Å². The number of anilines is 3. The summed E-state index contributed by atoms with van der Waals surface area (Å²) < 4.78 is 14.1. The van der Waals surface area contributed by atoms with Gasteiger partial charge in [-0.1, -0.05) is 12.1 Å². The monoisotopic (exact) mass is 412 g/mol. The molecule has 8 nitrogen and oxygen atoms in total. The van der Waals surface area contributed by atoms with Gasteiger partial charge in [0.1, 0.15) is 17.5 Å². The number of aromatic amines is 1. The van der Waals surface area contributed by atoms with Gasteiger partial charge in [0.2, 0.25) is 5.95 Å². The highest BCUT2D eigenvalue weighted by Gasteiger charge is 2.30. The van der Waals surface area contributed by atoms with E-state index in [4.69, 9.17) is 9.98 Å². The molecule has 0 bridgehead atoms. The fraction of sp³-hybridized carbons (Fsp3) is 0.136. The summed E-state index contributed by atoms with van der Waals surface area (Å²) in [7, 11) is 0. The van der Waals surface area contributed by atoms with Crippen molar-refractivity contribution in [1.82, 2.24) is 25.1 Å². The van der Waals surface area contributed by atoms with Crippen molar-refractivity contribution in [2.45, 2.75) is 6.42 Å². The van der Waals surface area contributed by atoms with Gasteiger partial charge in [-0.3, -0.25) is 10.1 Å². The number of fused-ring (bicyclic) bond motifs is 4. The second-order valence-electron chi connectivity index (χ2n) is 7.34. The highest BCUT2D eigenvalue weighted by atomic mass is 19.1. The van der Waals surface area contributed by atoms with Gasteiger partial charge in [0.25, 0.3) is 0 Å². The molecule has 1 aromatic carbocycles. The Hall–Kier alpha value is -4.14. The molecule has 0 spiro atoms. The van der Waals surface area contributed by atoms with Crippen LogP contribution >= 0.6 is 0 Å². The Labute approximate surface area is 176 Å². The number of nitrogens with one attached hydrogen (secondary N) is 2. The first kappa shape index (κ1) is 17.7. The van der Waals surface area contributed by atoms with Crippen LogP contribution < -0.4 is 10.2 Å². The lowest BCUT2D eigenvalue weighted by molar-refractivity contribution is 0.631. The van der Waals surface area contributed by atoms with Crippen LogP contribution in [0.4, 0.5) is 21.8 Å². The topological polar surface area (TPSA) is 95.0 Å². The van der Waals surface area contributed by atoms with Crippen LogP contribution in [0.1, 0.15) is 17.5 Å². The van der Waals surface area contributed by atoms with E-state index in [9.17, 15) is 4.39 Å². The summed E-state index contributed by atoms with van der Waals surface area (Å²) in [5.41, 5.74) is 3.93. The number of hydrogen-bond donors (Lipinski definition) is 2. The van der Waals surface area contributed by atoms with Crippen LogP contribution in [0.2, 0.25) is 0 Å². The zero-order chi connectivity index (χ0) is 20.8. The molecule has 6 rings (SSSR count). The molecule has 0 atom stereocenters. The van der Waals surface area contributed by atoms with Crippen molar-refractivity contribution < 1.29 is 4.39 Å². The molecule has 0 amide bonds. The molecular formula is C22H17FN8. The molecule has 152 valence electrons. The molecule has 0 saturated heterocycles. The lowest BCUT2D eigenvalue weighted by Crippen LogP contribution is -2.39. The number of aliphatic imine (C=N–C) groups is 1. The number of aromatic nitrogens is 5. The van der Waals surface area contributed by atoms with Crippen LogP contribution in [0, 0.1) is 5.82 Å². The Balaban J connectivity index is 1.47. The maximum absolute atomic E-state index is 14.1. The van der Waals surface area contributed by atoms with Gasteiger partial charge in [-0.2, -0.15) is 10.1 Å². The van der Waals surface area contributed by atoms with Crippen LogP contribution in [-0.2, 0) is 0 Å². The molecule has 3 aromatic heterocycles. The Morgan fingerprint density at radius 1 is 1.10 bits per heavy atom. The molecule has 4 aromatic rings. The SMILES string of the molecule is Fc1ccccc1Nc1ncc2c(n1)N1CCCN=C1C(c1ccnc3[nH]ncc13)=C2. The lowest BCUT2D eigenvalue weighted by atomic mass is 9.96. The second kappa shape index (κ2) is 6.98. The van der Waals surface area contributed by atoms with E-state index < -0.39 is 0 Å². The zero-order valence-electron chi connectivity index (χ0n) is 16.4. The number of H-pyrrole nitrogens is 1. The summed E-state index contributed by atoms with van der Waals surface area (Å²) in [6.45, 7) is 1.54. The van der Waals surface area contributed by atoms with Gasteiger partial charge in [-0.15, -0.1) is 0 Å². The van der Waals surface area contributed by atoms with Gasteiger partial charge in [-0.05, 0) is 36.3 Å². The molecule has 2 aliphatic rings. The Bertz CT molecular complexity index is 1370. The number of rotatable bonds is 3. The number of pyridine rings is 1. The third-order valence-corrected chi connectivity index (χ3v) is 5.41. The average Bonchev–Trinajstić information content (AvgIpc) is 3.29. The van der Waals surface area contributed by atoms with Gasteiger partial charge in [0.05, 0.1) is 11.9 Å². The van der Waals surface area contributed by atoms with E-state index in [0.717, 1.165) is 58.9 Å². The third kappa shape index (κ3) is 2.93. The predicted octanol–water partition coefficient (Wildman–Crippen LogP) is 3.79. The van der Waals surface area contributed by atoms with Gasteiger partial charge in [0, 0.05) is 42.0 Å². The minimum atomic E-state index is -0.354. The van der Waals surface area contributed by atoms with Crippen LogP contribution in [0.5, 0.6) is 0 Å². The van der Waals surface area contributed by atoms with Crippen molar-refractivity contribution in [1.29, 1.82) is 0 Å². The Morgan fingerprint density at radius 2 is 2.03 bits per heavy atom. The molecule has 0 fully saturated rings. The second-order valence-corrected chi connectivity index (χ2v) is 7.34. The predicted molar refractivity (Wildman–Crippen MR) is 118 cm³/mol. The summed E-state index contributed by atoms with van der Waals surface area (Å²) >= 11 is 0. The number of halogens is 1. The maximum Gasteiger partial charge on any atom is 0.229 e. The summed E-state index contributed by atoms with van der Waals surface area (Å²) in [6, 6.07) is 8.44. The van der Waals surface area contributed by atoms with Crippen molar-refractivity contribution in [3.63, 3.8) is 0 Å². The fourth-order valence-electron chi connectivity index (χ4n) is 3.99. The normalized spacial score (nSPS) is 15.2. The summed E-state index contributed by atoms with van der Waals surface area (Å²) in [4.78, 5) is 20.4. The first-order chi connectivity index (χ1) is 15.3. The van der Waals surface area contributed by atoms with Crippen LogP contribution in [0.3, 0.4) is 0 Å². The van der Waals surface area contributed by atoms with Crippen molar-refractivity contribution in [2.24, 2.45) is 4.99 Å². The summed E-state index contributed by atoms with van der Waals surface area (Å²) in [6.07, 6.45) is 8.26. The molecule has 5 heterocycles. The Morgan fingerprint density at radius 3 is 2.97 bits per heavy atom. The molecule has 31 heavy (non-hydrogen) atoms. The molecule has 0 aliphatic carbocycles. The first-order valence-electron chi connectivity index (χ1n) is 9.99.